The highest BCUT2D eigenvalue weighted by atomic mass is 16.5. The molecule has 1 saturated heterocycles. The van der Waals surface area contributed by atoms with E-state index in [2.05, 4.69) is 19.2 Å². The van der Waals surface area contributed by atoms with E-state index in [1.807, 2.05) is 0 Å². The topological polar surface area (TPSA) is 30.5 Å². The highest BCUT2D eigenvalue weighted by molar-refractivity contribution is 4.65. The van der Waals surface area contributed by atoms with Crippen LogP contribution in [-0.2, 0) is 9.47 Å². The summed E-state index contributed by atoms with van der Waals surface area (Å²) in [6.45, 7) is 8.30. The molecule has 1 heterocycles. The molecule has 1 aliphatic heterocycles. The fourth-order valence-electron chi connectivity index (χ4n) is 2.12. The van der Waals surface area contributed by atoms with Crippen LogP contribution in [0.3, 0.4) is 0 Å². The fraction of sp³-hybridized carbons (Fsp3) is 1.00. The first-order valence-corrected chi connectivity index (χ1v) is 7.23. The van der Waals surface area contributed by atoms with E-state index < -0.39 is 0 Å². The van der Waals surface area contributed by atoms with Crippen LogP contribution in [0.4, 0.5) is 0 Å². The van der Waals surface area contributed by atoms with Crippen LogP contribution in [0.2, 0.25) is 0 Å². The van der Waals surface area contributed by atoms with Crippen LogP contribution < -0.4 is 5.32 Å². The molecular formula is C14H29NO2. The van der Waals surface area contributed by atoms with Gasteiger partial charge in [-0.1, -0.05) is 0 Å². The molecule has 3 heteroatoms. The second kappa shape index (κ2) is 9.86. The molecule has 3 nitrogen and oxygen atoms in total. The van der Waals surface area contributed by atoms with E-state index in [1.165, 1.54) is 32.1 Å². The normalized spacial score (nSPS) is 20.3. The summed E-state index contributed by atoms with van der Waals surface area (Å²) in [5.41, 5.74) is 0. The van der Waals surface area contributed by atoms with Crippen molar-refractivity contribution in [3.63, 3.8) is 0 Å². The lowest BCUT2D eigenvalue weighted by Crippen LogP contribution is -2.19. The van der Waals surface area contributed by atoms with Crippen molar-refractivity contribution >= 4 is 0 Å². The van der Waals surface area contributed by atoms with Gasteiger partial charge in [0.25, 0.3) is 0 Å². The summed E-state index contributed by atoms with van der Waals surface area (Å²) >= 11 is 0. The van der Waals surface area contributed by atoms with Crippen molar-refractivity contribution in [2.75, 3.05) is 26.3 Å². The predicted molar refractivity (Wildman–Crippen MR) is 71.4 cm³/mol. The maximum atomic E-state index is 5.59. The van der Waals surface area contributed by atoms with Gasteiger partial charge in [0.1, 0.15) is 0 Å². The highest BCUT2D eigenvalue weighted by Crippen LogP contribution is 2.16. The van der Waals surface area contributed by atoms with Gasteiger partial charge in [-0.3, -0.25) is 0 Å². The van der Waals surface area contributed by atoms with E-state index in [-0.39, 0.29) is 0 Å². The van der Waals surface area contributed by atoms with Gasteiger partial charge in [-0.15, -0.1) is 0 Å². The minimum Gasteiger partial charge on any atom is -0.379 e. The molecule has 0 aromatic carbocycles. The van der Waals surface area contributed by atoms with Crippen LogP contribution in [-0.4, -0.2) is 38.5 Å². The SMILES string of the molecule is CC(C)OCCCCNCCCC1CCCO1. The number of nitrogens with one attached hydrogen (secondary N) is 1. The average Bonchev–Trinajstić information content (AvgIpc) is 2.79. The van der Waals surface area contributed by atoms with Crippen molar-refractivity contribution < 1.29 is 9.47 Å². The van der Waals surface area contributed by atoms with Gasteiger partial charge in [0.05, 0.1) is 12.2 Å². The first-order valence-electron chi connectivity index (χ1n) is 7.23. The van der Waals surface area contributed by atoms with E-state index >= 15 is 0 Å². The van der Waals surface area contributed by atoms with Gasteiger partial charge in [0, 0.05) is 13.2 Å². The molecule has 17 heavy (non-hydrogen) atoms. The van der Waals surface area contributed by atoms with Crippen LogP contribution in [0.25, 0.3) is 0 Å². The van der Waals surface area contributed by atoms with Gasteiger partial charge in [-0.2, -0.15) is 0 Å². The van der Waals surface area contributed by atoms with Crippen LogP contribution in [0, 0.1) is 0 Å². The molecule has 0 spiro atoms. The minimum atomic E-state index is 0.370. The van der Waals surface area contributed by atoms with Crippen LogP contribution in [0.5, 0.6) is 0 Å². The number of rotatable bonds is 10. The Labute approximate surface area is 106 Å². The predicted octanol–water partition coefficient (Wildman–Crippen LogP) is 2.74. The Morgan fingerprint density at radius 2 is 2.06 bits per heavy atom. The highest BCUT2D eigenvalue weighted by Gasteiger charge is 2.13. The zero-order valence-electron chi connectivity index (χ0n) is 11.5. The van der Waals surface area contributed by atoms with Crippen LogP contribution in [0.15, 0.2) is 0 Å². The van der Waals surface area contributed by atoms with Gasteiger partial charge in [0.2, 0.25) is 0 Å². The van der Waals surface area contributed by atoms with Gasteiger partial charge >= 0.3 is 0 Å². The molecule has 1 N–H and O–H groups in total. The van der Waals surface area contributed by atoms with Crippen LogP contribution in [0.1, 0.15) is 52.4 Å². The second-order valence-corrected chi connectivity index (χ2v) is 5.15. The lowest BCUT2D eigenvalue weighted by Gasteiger charge is -2.10. The van der Waals surface area contributed by atoms with Gasteiger partial charge in [0.15, 0.2) is 0 Å². The molecule has 0 aliphatic carbocycles. The number of unbranched alkanes of at least 4 members (excludes halogenated alkanes) is 1. The van der Waals surface area contributed by atoms with E-state index in [9.17, 15) is 0 Å². The summed E-state index contributed by atoms with van der Waals surface area (Å²) in [6.07, 6.45) is 8.30. The van der Waals surface area contributed by atoms with Crippen molar-refractivity contribution in [2.45, 2.75) is 64.6 Å². The Kier molecular flexibility index (Phi) is 8.67. The van der Waals surface area contributed by atoms with Gasteiger partial charge < -0.3 is 14.8 Å². The minimum absolute atomic E-state index is 0.370. The Bertz CT molecular complexity index is 168. The Hall–Kier alpha value is -0.120. The second-order valence-electron chi connectivity index (χ2n) is 5.15. The molecule has 0 radical (unpaired) electrons. The lowest BCUT2D eigenvalue weighted by atomic mass is 10.1. The molecule has 1 unspecified atom stereocenters. The molecule has 0 amide bonds. The van der Waals surface area contributed by atoms with E-state index in [0.717, 1.165) is 32.7 Å². The molecule has 0 saturated carbocycles. The summed E-state index contributed by atoms with van der Waals surface area (Å²) in [4.78, 5) is 0. The zero-order chi connectivity index (χ0) is 12.3. The summed E-state index contributed by atoms with van der Waals surface area (Å²) in [7, 11) is 0. The molecule has 0 aromatic heterocycles. The molecular weight excluding hydrogens is 214 g/mol. The summed E-state index contributed by atoms with van der Waals surface area (Å²) < 4.78 is 11.1. The van der Waals surface area contributed by atoms with Crippen LogP contribution >= 0.6 is 0 Å². The van der Waals surface area contributed by atoms with Gasteiger partial charge in [-0.25, -0.2) is 0 Å². The number of hydrogen-bond donors (Lipinski definition) is 1. The monoisotopic (exact) mass is 243 g/mol. The Morgan fingerprint density at radius 3 is 2.76 bits per heavy atom. The summed E-state index contributed by atoms with van der Waals surface area (Å²) in [5, 5.41) is 3.49. The molecule has 1 rings (SSSR count). The third-order valence-corrected chi connectivity index (χ3v) is 3.10. The smallest absolute Gasteiger partial charge is 0.0576 e. The fourth-order valence-corrected chi connectivity index (χ4v) is 2.12. The zero-order valence-corrected chi connectivity index (χ0v) is 11.5. The number of ether oxygens (including phenoxy) is 2. The van der Waals surface area contributed by atoms with Crippen molar-refractivity contribution in [1.82, 2.24) is 5.32 Å². The van der Waals surface area contributed by atoms with Crippen molar-refractivity contribution in [3.8, 4) is 0 Å². The van der Waals surface area contributed by atoms with Crippen molar-refractivity contribution in [3.05, 3.63) is 0 Å². The van der Waals surface area contributed by atoms with E-state index in [1.54, 1.807) is 0 Å². The summed E-state index contributed by atoms with van der Waals surface area (Å²) in [5.74, 6) is 0. The first kappa shape index (κ1) is 14.9. The molecule has 102 valence electrons. The molecule has 0 bridgehead atoms. The van der Waals surface area contributed by atoms with E-state index in [4.69, 9.17) is 9.47 Å². The molecule has 1 aliphatic rings. The number of hydrogen-bond acceptors (Lipinski definition) is 3. The maximum Gasteiger partial charge on any atom is 0.0576 e. The summed E-state index contributed by atoms with van der Waals surface area (Å²) in [6, 6.07) is 0. The third-order valence-electron chi connectivity index (χ3n) is 3.10. The Balaban J connectivity index is 1.72. The quantitative estimate of drug-likeness (QED) is 0.598. The van der Waals surface area contributed by atoms with Gasteiger partial charge in [-0.05, 0) is 65.5 Å². The Morgan fingerprint density at radius 1 is 1.24 bits per heavy atom. The third kappa shape index (κ3) is 8.58. The van der Waals surface area contributed by atoms with Crippen molar-refractivity contribution in [1.29, 1.82) is 0 Å². The van der Waals surface area contributed by atoms with Crippen molar-refractivity contribution in [2.24, 2.45) is 0 Å². The first-order chi connectivity index (χ1) is 8.29. The lowest BCUT2D eigenvalue weighted by molar-refractivity contribution is 0.0760. The molecule has 1 fully saturated rings. The molecule has 0 aromatic rings. The standard InChI is InChI=1S/C14H29NO2/c1-13(2)16-11-4-3-9-15-10-5-7-14-8-6-12-17-14/h13-15H,3-12H2,1-2H3. The molecule has 1 atom stereocenters. The van der Waals surface area contributed by atoms with E-state index in [0.29, 0.717) is 12.2 Å². The average molecular weight is 243 g/mol. The largest absolute Gasteiger partial charge is 0.379 e. The maximum absolute atomic E-state index is 5.59.